The second kappa shape index (κ2) is 43.0. The first-order valence-electron chi connectivity index (χ1n) is 48.4. The van der Waals surface area contributed by atoms with E-state index in [0.717, 1.165) is 127 Å². The SMILES string of the molecule is CS[C@@]1(C(=O)Nc2ccc3[nH]nc(-c4ccc(F)cc4)c3c2)CCN(CC(=O)N2CC=C(c3ccc(-c4ncccn4)cc3F)CC2)C1.CS[C@@]1(C(=O)Nc2ccc3[nH]nc(-c4ccc(F)cc4)c3c2)CCN(CC(=O)N2CCC(c3ccc(-c4ncccn4)cc3)CC2)C1.CS[C@@]1(C(=O)Nc2ccc3[nH]nc(-c4ccnc(C5CC5)c4)c3c2)CCN(CC(=O)N2CC=C(c3ccc(-c4ncccn4)cc3)CC2)C1. The van der Waals surface area contributed by atoms with E-state index in [1.54, 1.807) is 90.2 Å². The molecular formula is C110H107F3N22O6S3. The summed E-state index contributed by atoms with van der Waals surface area (Å²) in [5, 5.41) is 34.6. The average molecular weight is 1990 g/mol. The number of H-pyrrole nitrogens is 3. The smallest absolute Gasteiger partial charge is 0.241 e. The summed E-state index contributed by atoms with van der Waals surface area (Å²) in [5.41, 5.74) is 18.2. The fourth-order valence-corrected chi connectivity index (χ4v) is 22.6. The normalized spacial score (nSPS) is 18.9. The van der Waals surface area contributed by atoms with E-state index in [2.05, 4.69) is 140 Å². The first-order valence-corrected chi connectivity index (χ1v) is 52.1. The zero-order valence-electron chi connectivity index (χ0n) is 79.8. The summed E-state index contributed by atoms with van der Waals surface area (Å²) in [6, 6.07) is 60.6. The van der Waals surface area contributed by atoms with Crippen molar-refractivity contribution < 1.29 is 41.9 Å². The molecule has 8 aromatic carbocycles. The number of likely N-dealkylation sites (tertiary alicyclic amines) is 4. The number of amides is 6. The van der Waals surface area contributed by atoms with E-state index in [4.69, 9.17) is 0 Å². The zero-order chi connectivity index (χ0) is 99.0. The molecule has 7 aromatic heterocycles. The number of hydrogen-bond donors (Lipinski definition) is 6. The summed E-state index contributed by atoms with van der Waals surface area (Å²) >= 11 is 4.60. The number of carbonyl (C=O) groups is 6. The van der Waals surface area contributed by atoms with E-state index in [-0.39, 0.29) is 59.4 Å². The van der Waals surface area contributed by atoms with Crippen molar-refractivity contribution in [2.45, 2.75) is 83.9 Å². The molecule has 6 N–H and O–H groups in total. The molecule has 0 radical (unpaired) electrons. The molecule has 6 aliphatic heterocycles. The summed E-state index contributed by atoms with van der Waals surface area (Å²) in [7, 11) is 0. The molecule has 4 saturated heterocycles. The van der Waals surface area contributed by atoms with E-state index < -0.39 is 14.2 Å². The van der Waals surface area contributed by atoms with Crippen molar-refractivity contribution in [3.8, 4) is 67.9 Å². The molecule has 28 nitrogen and oxygen atoms in total. The molecule has 34 heteroatoms. The molecule has 0 unspecified atom stereocenters. The number of aromatic nitrogens is 13. The molecule has 732 valence electrons. The number of piperidine rings is 1. The number of pyridine rings is 1. The Bertz CT molecular complexity index is 7300. The lowest BCUT2D eigenvalue weighted by Crippen LogP contribution is -2.46. The number of benzene rings is 8. The van der Waals surface area contributed by atoms with Crippen LogP contribution in [0, 0.1) is 17.5 Å². The molecule has 0 spiro atoms. The predicted octanol–water partition coefficient (Wildman–Crippen LogP) is 18.0. The predicted molar refractivity (Wildman–Crippen MR) is 561 cm³/mol. The van der Waals surface area contributed by atoms with Gasteiger partial charge in [-0.25, -0.2) is 43.1 Å². The molecule has 1 saturated carbocycles. The molecule has 6 amide bonds. The van der Waals surface area contributed by atoms with Gasteiger partial charge in [-0.1, -0.05) is 72.8 Å². The Kier molecular flexibility index (Phi) is 29.0. The lowest BCUT2D eigenvalue weighted by atomic mass is 9.89. The molecule has 22 rings (SSSR count). The third-order valence-corrected chi connectivity index (χ3v) is 32.5. The van der Waals surface area contributed by atoms with E-state index >= 15 is 4.39 Å². The maximum absolute atomic E-state index is 15.1. The molecule has 0 bridgehead atoms. The highest BCUT2D eigenvalue weighted by Gasteiger charge is 2.48. The zero-order valence-corrected chi connectivity index (χ0v) is 82.3. The van der Waals surface area contributed by atoms with Crippen molar-refractivity contribution in [1.82, 2.24) is 94.9 Å². The van der Waals surface area contributed by atoms with E-state index in [1.165, 1.54) is 77.8 Å². The molecule has 144 heavy (non-hydrogen) atoms. The summed E-state index contributed by atoms with van der Waals surface area (Å²) < 4.78 is 40.0. The lowest BCUT2D eigenvalue weighted by Gasteiger charge is -2.33. The van der Waals surface area contributed by atoms with Gasteiger partial charge in [-0.2, -0.15) is 15.3 Å². The molecule has 15 aromatic rings. The van der Waals surface area contributed by atoms with Crippen LogP contribution in [-0.4, -0.2) is 262 Å². The molecular weight excluding hydrogens is 1880 g/mol. The van der Waals surface area contributed by atoms with Gasteiger partial charge in [0.1, 0.15) is 37.4 Å². The van der Waals surface area contributed by atoms with Gasteiger partial charge in [0.25, 0.3) is 0 Å². The number of rotatable bonds is 25. The van der Waals surface area contributed by atoms with Crippen LogP contribution in [0.3, 0.4) is 0 Å². The van der Waals surface area contributed by atoms with Crippen LogP contribution in [0.15, 0.2) is 256 Å². The molecule has 5 fully saturated rings. The highest BCUT2D eigenvalue weighted by atomic mass is 32.2. The quantitative estimate of drug-likeness (QED) is 0.0309. The first kappa shape index (κ1) is 97.0. The molecule has 1 aliphatic carbocycles. The minimum absolute atomic E-state index is 0.0154. The third kappa shape index (κ3) is 21.6. The fraction of sp³-hybridized carbons (Fsp3) is 0.291. The molecule has 3 atom stereocenters. The minimum atomic E-state index is -0.713. The van der Waals surface area contributed by atoms with Gasteiger partial charge in [0.15, 0.2) is 17.5 Å². The number of carbonyl (C=O) groups excluding carboxylic acids is 6. The Morgan fingerprint density at radius 3 is 1.15 bits per heavy atom. The van der Waals surface area contributed by atoms with Gasteiger partial charge in [-0.15, -0.1) is 35.3 Å². The van der Waals surface area contributed by atoms with Crippen LogP contribution < -0.4 is 16.0 Å². The van der Waals surface area contributed by atoms with Crippen LogP contribution in [0.2, 0.25) is 0 Å². The van der Waals surface area contributed by atoms with E-state index in [0.29, 0.717) is 162 Å². The number of nitrogens with one attached hydrogen (secondary N) is 6. The maximum atomic E-state index is 15.1. The monoisotopic (exact) mass is 1980 g/mol. The van der Waals surface area contributed by atoms with E-state index in [1.807, 2.05) is 137 Å². The van der Waals surface area contributed by atoms with Crippen LogP contribution in [0.5, 0.6) is 0 Å². The summed E-state index contributed by atoms with van der Waals surface area (Å²) in [4.78, 5) is 124. The van der Waals surface area contributed by atoms with Crippen molar-refractivity contribution in [3.63, 3.8) is 0 Å². The van der Waals surface area contributed by atoms with Crippen molar-refractivity contribution in [1.29, 1.82) is 0 Å². The molecule has 13 heterocycles. The van der Waals surface area contributed by atoms with Crippen molar-refractivity contribution in [2.24, 2.45) is 0 Å². The number of nitrogens with zero attached hydrogens (tertiary/aromatic N) is 16. The Morgan fingerprint density at radius 1 is 0.368 bits per heavy atom. The van der Waals surface area contributed by atoms with E-state index in [9.17, 15) is 37.5 Å². The number of fused-ring (bicyclic) bond motifs is 3. The standard InChI is InChI=1S/C38H38N8O2S.C36H33F2N7O2S.C36H36FN7O2S/c1-49-38(37(48)42-30-9-10-32-31(22-30)35(44-43-32)29-11-17-39-33(21-29)27-5-6-27)14-20-45(24-38)23-34(47)46-18-12-26(13-19-46)25-3-7-28(8-4-25)36-40-15-2-16-41-36;1-48-36(35(47)41-27-8-10-31-29(20-27)33(43-42-31)24-3-6-26(37)7-4-24)13-18-44(22-36)21-32(46)45-16-11-23(12-17-45)28-9-5-25(19-30(28)38)34-39-14-2-15-40-34;1-47-36(35(46)40-29-11-12-31-30(21-29)33(42-41-31)26-7-9-28(37)10-8-26)15-20-43(23-36)22-32(45)44-18-13-25(14-19-44)24-3-5-27(6-4-24)34-38-16-2-17-39-34/h2-4,7-12,15-17,21-22,27H,5-6,13-14,18-20,23-24H2,1H3,(H,42,48)(H,43,44);2-11,14-15,19-20H,12-13,16-18,21-22H2,1H3,(H,41,47)(H,42,43);2-12,16-17,21,25H,13-15,18-20,22-23H2,1H3,(H,40,46)(H,41,42)/t38-;2*36-/m000/s1. The van der Waals surface area contributed by atoms with Gasteiger partial charge >= 0.3 is 0 Å². The highest BCUT2D eigenvalue weighted by Crippen LogP contribution is 2.44. The summed E-state index contributed by atoms with van der Waals surface area (Å²) in [6.07, 6.45) is 29.6. The van der Waals surface area contributed by atoms with Gasteiger partial charge in [0, 0.05) is 206 Å². The highest BCUT2D eigenvalue weighted by molar-refractivity contribution is 8.01. The van der Waals surface area contributed by atoms with Gasteiger partial charge in [0.2, 0.25) is 35.4 Å². The van der Waals surface area contributed by atoms with Crippen molar-refractivity contribution in [2.75, 3.05) is 133 Å². The second-order valence-corrected chi connectivity index (χ2v) is 41.1. The number of anilines is 3. The minimum Gasteiger partial charge on any atom is -0.342 e. The number of aromatic amines is 3. The van der Waals surface area contributed by atoms with Gasteiger partial charge in [0.05, 0.1) is 47.6 Å². The van der Waals surface area contributed by atoms with Crippen molar-refractivity contribution >= 4 is 132 Å². The fourth-order valence-electron chi connectivity index (χ4n) is 20.0. The second-order valence-electron chi connectivity index (χ2n) is 37.5. The topological polar surface area (TPSA) is 334 Å². The summed E-state index contributed by atoms with van der Waals surface area (Å²) in [5.74, 6) is 1.88. The largest absolute Gasteiger partial charge is 0.342 e. The number of hydrogen-bond acceptors (Lipinski definition) is 22. The summed E-state index contributed by atoms with van der Waals surface area (Å²) in [6.45, 7) is 7.91. The number of thioether (sulfide) groups is 3. The van der Waals surface area contributed by atoms with Crippen molar-refractivity contribution in [3.05, 3.63) is 296 Å². The number of halogens is 3. The Morgan fingerprint density at radius 2 is 0.750 bits per heavy atom. The Hall–Kier alpha value is -14.4. The first-order chi connectivity index (χ1) is 70.2. The van der Waals surface area contributed by atoms with Gasteiger partial charge in [-0.05, 0) is 244 Å². The third-order valence-electron chi connectivity index (χ3n) is 28.6. The van der Waals surface area contributed by atoms with Crippen LogP contribution >= 0.6 is 35.3 Å². The molecule has 7 aliphatic rings. The van der Waals surface area contributed by atoms with Crippen LogP contribution in [0.25, 0.3) is 112 Å². The van der Waals surface area contributed by atoms with Gasteiger partial charge < -0.3 is 30.7 Å². The average Bonchev–Trinajstić information content (AvgIpc) is 1.67. The van der Waals surface area contributed by atoms with Gasteiger partial charge in [-0.3, -0.25) is 63.7 Å². The Balaban J connectivity index is 0.000000132. The van der Waals surface area contributed by atoms with Crippen LogP contribution in [-0.2, 0) is 28.8 Å². The lowest BCUT2D eigenvalue weighted by molar-refractivity contribution is -0.133. The van der Waals surface area contributed by atoms with Crippen LogP contribution in [0.1, 0.15) is 92.0 Å². The maximum Gasteiger partial charge on any atom is 0.241 e. The Labute approximate surface area is 843 Å². The van der Waals surface area contributed by atoms with Crippen LogP contribution in [0.4, 0.5) is 30.2 Å².